The molecule has 0 aliphatic carbocycles. The van der Waals surface area contributed by atoms with Crippen molar-refractivity contribution in [2.24, 2.45) is 34.2 Å². The van der Waals surface area contributed by atoms with Crippen molar-refractivity contribution in [3.8, 4) is 0 Å². The van der Waals surface area contributed by atoms with Gasteiger partial charge in [-0.1, -0.05) is 32.0 Å². The van der Waals surface area contributed by atoms with Gasteiger partial charge in [0.05, 0.1) is 24.6 Å². The number of nitrogens with two attached hydrogens (primary N) is 2. The molecule has 13 nitrogen and oxygen atoms in total. The zero-order valence-corrected chi connectivity index (χ0v) is 27.8. The van der Waals surface area contributed by atoms with E-state index in [1.165, 1.54) is 13.1 Å². The number of carbonyl (C=O) groups excluding carboxylic acids is 5. The summed E-state index contributed by atoms with van der Waals surface area (Å²) in [7, 11) is 0. The lowest BCUT2D eigenvalue weighted by Gasteiger charge is -2.25. The van der Waals surface area contributed by atoms with Gasteiger partial charge in [-0.25, -0.2) is 4.98 Å². The van der Waals surface area contributed by atoms with E-state index in [4.69, 9.17) is 11.5 Å². The van der Waals surface area contributed by atoms with Gasteiger partial charge >= 0.3 is 0 Å². The maximum absolute atomic E-state index is 14.0. The van der Waals surface area contributed by atoms with Crippen molar-refractivity contribution in [2.45, 2.75) is 71.4 Å². The summed E-state index contributed by atoms with van der Waals surface area (Å²) >= 11 is 1.16. The molecule has 0 radical (unpaired) electrons. The Labute approximate surface area is 278 Å². The number of nitrogens with one attached hydrogen (secondary N) is 3. The van der Waals surface area contributed by atoms with E-state index in [1.807, 2.05) is 38.1 Å². The first-order chi connectivity index (χ1) is 22.4. The Morgan fingerprint density at radius 1 is 1.02 bits per heavy atom. The fourth-order valence-electron chi connectivity index (χ4n) is 5.44. The maximum Gasteiger partial charge on any atom is 0.226 e. The number of aliphatic imine (C=N–C) groups is 1. The number of amides is 2. The number of H-pyrrole nitrogens is 1. The fraction of sp³-hybridized carbons (Fsp3) is 0.485. The second-order valence-corrected chi connectivity index (χ2v) is 13.0. The van der Waals surface area contributed by atoms with Crippen LogP contribution in [0, 0.1) is 17.8 Å². The summed E-state index contributed by atoms with van der Waals surface area (Å²) in [5.41, 5.74) is 12.5. The summed E-state index contributed by atoms with van der Waals surface area (Å²) in [4.78, 5) is 77.3. The minimum Gasteiger partial charge on any atom is -0.396 e. The average molecular weight is 668 g/mol. The Balaban J connectivity index is 1.86. The molecular formula is C33H45N7O6S. The van der Waals surface area contributed by atoms with Crippen molar-refractivity contribution in [3.05, 3.63) is 52.6 Å². The molecule has 2 heterocycles. The Hall–Kier alpha value is -4.43. The lowest BCUT2D eigenvalue weighted by molar-refractivity contribution is -0.134. The van der Waals surface area contributed by atoms with Crippen LogP contribution < -0.4 is 22.1 Å². The number of para-hydroxylation sites is 1. The molecule has 4 atom stereocenters. The number of benzene rings is 1. The zero-order chi connectivity index (χ0) is 34.5. The SMILES string of the molecule is CC(=O)C[C@@H](CO)C(=O)N[C@@H](Cc1c[nH]c2ccccc12)C(=O)C[C@@H](CC(C)C)C(=O)N[C@@H](CCCN=C(N)N)C(=O)c1nccs1. The van der Waals surface area contributed by atoms with E-state index in [1.54, 1.807) is 11.6 Å². The molecule has 0 bridgehead atoms. The number of aromatic nitrogens is 2. The van der Waals surface area contributed by atoms with Crippen LogP contribution in [0.2, 0.25) is 0 Å². The molecule has 2 amide bonds. The molecule has 3 aromatic rings. The lowest BCUT2D eigenvalue weighted by Crippen LogP contribution is -2.48. The monoisotopic (exact) mass is 667 g/mol. The van der Waals surface area contributed by atoms with Crippen molar-refractivity contribution in [1.29, 1.82) is 0 Å². The van der Waals surface area contributed by atoms with Crippen LogP contribution >= 0.6 is 11.3 Å². The van der Waals surface area contributed by atoms with E-state index in [0.29, 0.717) is 12.8 Å². The van der Waals surface area contributed by atoms with E-state index in [9.17, 15) is 29.1 Å². The number of nitrogens with zero attached hydrogens (tertiary/aromatic N) is 2. The molecule has 0 aliphatic rings. The van der Waals surface area contributed by atoms with Crippen LogP contribution in [-0.2, 0) is 25.6 Å². The molecule has 0 spiro atoms. The highest BCUT2D eigenvalue weighted by Gasteiger charge is 2.33. The first-order valence-corrected chi connectivity index (χ1v) is 16.5. The number of fused-ring (bicyclic) bond motifs is 1. The predicted octanol–water partition coefficient (Wildman–Crippen LogP) is 2.28. The quantitative estimate of drug-likeness (QED) is 0.0449. The summed E-state index contributed by atoms with van der Waals surface area (Å²) in [6.45, 7) is 4.89. The second-order valence-electron chi connectivity index (χ2n) is 12.1. The van der Waals surface area contributed by atoms with Crippen LogP contribution in [0.25, 0.3) is 10.9 Å². The molecule has 8 N–H and O–H groups in total. The standard InChI is InChI=1S/C33H45N7O6S/c1-19(2)13-21(30(45)39-26(9-6-10-37-33(34)35)29(44)32-36-11-12-47-32)16-28(43)27(40-31(46)23(18-41)14-20(3)42)15-22-17-38-25-8-5-4-7-24(22)25/h4-5,7-8,11-12,17,19,21,23,26-27,38,41H,6,9-10,13-16,18H2,1-3H3,(H,39,45)(H,40,46)(H4,34,35,37)/t21-,23+,26+,27+/m1/s1. The number of ketones is 3. The Bertz CT molecular complexity index is 1550. The maximum atomic E-state index is 14.0. The topological polar surface area (TPSA) is 223 Å². The van der Waals surface area contributed by atoms with E-state index in [2.05, 4.69) is 25.6 Å². The Morgan fingerprint density at radius 3 is 2.36 bits per heavy atom. The van der Waals surface area contributed by atoms with E-state index in [-0.39, 0.29) is 66.5 Å². The zero-order valence-electron chi connectivity index (χ0n) is 27.0. The van der Waals surface area contributed by atoms with Crippen LogP contribution in [0.1, 0.15) is 68.2 Å². The number of thiazole rings is 1. The summed E-state index contributed by atoms with van der Waals surface area (Å²) in [6.07, 6.45) is 4.04. The van der Waals surface area contributed by atoms with Gasteiger partial charge in [0, 0.05) is 60.4 Å². The molecule has 3 rings (SSSR count). The molecule has 0 fully saturated rings. The molecular weight excluding hydrogens is 622 g/mol. The van der Waals surface area contributed by atoms with Crippen molar-refractivity contribution < 1.29 is 29.1 Å². The van der Waals surface area contributed by atoms with E-state index in [0.717, 1.165) is 27.8 Å². The number of aliphatic hydroxyl groups excluding tert-OH is 1. The van der Waals surface area contributed by atoms with Gasteiger partial charge in [-0.2, -0.15) is 0 Å². The number of guanidine groups is 1. The number of rotatable bonds is 20. The van der Waals surface area contributed by atoms with Crippen LogP contribution in [0.5, 0.6) is 0 Å². The highest BCUT2D eigenvalue weighted by molar-refractivity contribution is 7.11. The number of aromatic amines is 1. The average Bonchev–Trinajstić information content (AvgIpc) is 3.70. The normalized spacial score (nSPS) is 13.8. The molecule has 0 aliphatic heterocycles. The third-order valence-electron chi connectivity index (χ3n) is 7.72. The van der Waals surface area contributed by atoms with Crippen LogP contribution in [0.3, 0.4) is 0 Å². The van der Waals surface area contributed by atoms with Gasteiger partial charge in [0.2, 0.25) is 17.6 Å². The summed E-state index contributed by atoms with van der Waals surface area (Å²) in [5, 5.41) is 18.2. The van der Waals surface area contributed by atoms with Crippen LogP contribution in [0.4, 0.5) is 0 Å². The van der Waals surface area contributed by atoms with Crippen molar-refractivity contribution >= 4 is 57.4 Å². The Morgan fingerprint density at radius 2 is 1.72 bits per heavy atom. The Kier molecular flexibility index (Phi) is 14.2. The predicted molar refractivity (Wildman–Crippen MR) is 181 cm³/mol. The fourth-order valence-corrected chi connectivity index (χ4v) is 6.07. The third-order valence-corrected chi connectivity index (χ3v) is 8.51. The summed E-state index contributed by atoms with van der Waals surface area (Å²) in [5.74, 6) is -3.97. The molecule has 2 aromatic heterocycles. The highest BCUT2D eigenvalue weighted by atomic mass is 32.1. The molecule has 0 saturated heterocycles. The van der Waals surface area contributed by atoms with E-state index < -0.39 is 42.3 Å². The molecule has 1 aromatic carbocycles. The number of Topliss-reactive ketones (excluding diaryl/α,β-unsaturated/α-hetero) is 3. The largest absolute Gasteiger partial charge is 0.396 e. The number of aliphatic hydroxyl groups is 1. The van der Waals surface area contributed by atoms with Crippen molar-refractivity contribution in [1.82, 2.24) is 20.6 Å². The van der Waals surface area contributed by atoms with Crippen LogP contribution in [-0.4, -0.2) is 75.4 Å². The number of carbonyl (C=O) groups is 5. The number of hydrogen-bond acceptors (Lipinski definition) is 9. The van der Waals surface area contributed by atoms with Gasteiger partial charge in [-0.05, 0) is 43.7 Å². The van der Waals surface area contributed by atoms with Crippen molar-refractivity contribution in [3.63, 3.8) is 0 Å². The molecule has 47 heavy (non-hydrogen) atoms. The van der Waals surface area contributed by atoms with Gasteiger partial charge < -0.3 is 37.0 Å². The van der Waals surface area contributed by atoms with Crippen molar-refractivity contribution in [2.75, 3.05) is 13.2 Å². The molecule has 14 heteroatoms. The first-order valence-electron chi connectivity index (χ1n) is 15.7. The highest BCUT2D eigenvalue weighted by Crippen LogP contribution is 2.23. The molecule has 254 valence electrons. The second kappa shape index (κ2) is 18.0. The first kappa shape index (κ1) is 37.0. The lowest BCUT2D eigenvalue weighted by atomic mass is 9.87. The minimum absolute atomic E-state index is 0.0320. The minimum atomic E-state index is -1.04. The van der Waals surface area contributed by atoms with E-state index >= 15 is 0 Å². The van der Waals surface area contributed by atoms with Gasteiger partial charge in [0.15, 0.2) is 16.8 Å². The smallest absolute Gasteiger partial charge is 0.226 e. The molecule has 0 unspecified atom stereocenters. The summed E-state index contributed by atoms with van der Waals surface area (Å²) < 4.78 is 0. The van der Waals surface area contributed by atoms with Gasteiger partial charge in [0.25, 0.3) is 0 Å². The van der Waals surface area contributed by atoms with Gasteiger partial charge in [0.1, 0.15) is 5.78 Å². The summed E-state index contributed by atoms with van der Waals surface area (Å²) in [6, 6.07) is 5.59. The number of hydrogen-bond donors (Lipinski definition) is 6. The van der Waals surface area contributed by atoms with Gasteiger partial charge in [-0.3, -0.25) is 24.2 Å². The molecule has 0 saturated carbocycles. The third kappa shape index (κ3) is 11.4. The van der Waals surface area contributed by atoms with Gasteiger partial charge in [-0.15, -0.1) is 11.3 Å². The van der Waals surface area contributed by atoms with Crippen LogP contribution in [0.15, 0.2) is 47.0 Å².